The van der Waals surface area contributed by atoms with E-state index in [4.69, 9.17) is 16.1 Å². The van der Waals surface area contributed by atoms with Crippen molar-refractivity contribution in [3.8, 4) is 11.4 Å². The molecule has 0 unspecified atom stereocenters. The summed E-state index contributed by atoms with van der Waals surface area (Å²) in [5.74, 6) is 1.61. The Morgan fingerprint density at radius 3 is 2.61 bits per heavy atom. The number of hydrogen-bond acceptors (Lipinski definition) is 8. The van der Waals surface area contributed by atoms with Crippen LogP contribution in [0.1, 0.15) is 23.2 Å². The van der Waals surface area contributed by atoms with Gasteiger partial charge >= 0.3 is 0 Å². The normalized spacial score (nSPS) is 14.0. The van der Waals surface area contributed by atoms with E-state index in [0.29, 0.717) is 44.3 Å². The first-order chi connectivity index (χ1) is 15.0. The second-order valence-electron chi connectivity index (χ2n) is 6.97. The fourth-order valence-corrected chi connectivity index (χ4v) is 3.51. The first kappa shape index (κ1) is 20.7. The Bertz CT molecular complexity index is 1110. The lowest BCUT2D eigenvalue weighted by atomic mass is 10.1. The number of hydrogen-bond donors (Lipinski definition) is 0. The summed E-state index contributed by atoms with van der Waals surface area (Å²) in [7, 11) is 0. The van der Waals surface area contributed by atoms with Gasteiger partial charge in [0.15, 0.2) is 0 Å². The van der Waals surface area contributed by atoms with Gasteiger partial charge in [-0.3, -0.25) is 14.9 Å². The number of halogens is 1. The lowest BCUT2D eigenvalue weighted by molar-refractivity contribution is -0.384. The summed E-state index contributed by atoms with van der Waals surface area (Å²) in [6.07, 6.45) is 2.37. The summed E-state index contributed by atoms with van der Waals surface area (Å²) in [4.78, 5) is 35.8. The van der Waals surface area contributed by atoms with Crippen LogP contribution in [0.25, 0.3) is 11.4 Å². The highest BCUT2D eigenvalue weighted by Crippen LogP contribution is 2.26. The molecule has 0 aliphatic carbocycles. The van der Waals surface area contributed by atoms with Crippen LogP contribution in [-0.4, -0.2) is 57.0 Å². The van der Waals surface area contributed by atoms with E-state index in [1.165, 1.54) is 18.2 Å². The fraction of sp³-hybridized carbons (Fsp3) is 0.300. The van der Waals surface area contributed by atoms with Gasteiger partial charge in [0.2, 0.25) is 11.7 Å². The Labute approximate surface area is 182 Å². The van der Waals surface area contributed by atoms with Crippen LogP contribution in [0, 0.1) is 10.1 Å². The fourth-order valence-electron chi connectivity index (χ4n) is 3.33. The van der Waals surface area contributed by atoms with Crippen LogP contribution in [0.4, 0.5) is 11.5 Å². The van der Waals surface area contributed by atoms with Crippen LogP contribution in [-0.2, 0) is 6.42 Å². The largest absolute Gasteiger partial charge is 0.353 e. The number of rotatable bonds is 5. The molecule has 3 heterocycles. The summed E-state index contributed by atoms with van der Waals surface area (Å²) in [6, 6.07) is 7.88. The van der Waals surface area contributed by atoms with E-state index in [9.17, 15) is 14.9 Å². The molecule has 160 valence electrons. The molecule has 2 aromatic heterocycles. The molecule has 1 aromatic carbocycles. The molecule has 0 bridgehead atoms. The summed E-state index contributed by atoms with van der Waals surface area (Å²) < 4.78 is 5.13. The summed E-state index contributed by atoms with van der Waals surface area (Å²) in [5.41, 5.74) is 0.743. The maximum Gasteiger partial charge on any atom is 0.288 e. The molecule has 0 radical (unpaired) electrons. The van der Waals surface area contributed by atoms with Crippen LogP contribution < -0.4 is 4.90 Å². The minimum atomic E-state index is -0.593. The molecule has 10 nitrogen and oxygen atoms in total. The molecule has 0 N–H and O–H groups in total. The van der Waals surface area contributed by atoms with Crippen LogP contribution in [0.2, 0.25) is 5.02 Å². The van der Waals surface area contributed by atoms with Crippen molar-refractivity contribution in [3.63, 3.8) is 0 Å². The molecular formula is C20H19ClN6O4. The van der Waals surface area contributed by atoms with E-state index < -0.39 is 4.92 Å². The molecule has 31 heavy (non-hydrogen) atoms. The highest BCUT2D eigenvalue weighted by Gasteiger charge is 2.25. The van der Waals surface area contributed by atoms with Crippen molar-refractivity contribution in [2.24, 2.45) is 0 Å². The van der Waals surface area contributed by atoms with E-state index >= 15 is 0 Å². The topological polar surface area (TPSA) is 118 Å². The number of piperazine rings is 1. The number of pyridine rings is 1. The first-order valence-corrected chi connectivity index (χ1v) is 10.1. The number of nitrogens with zero attached hydrogens (tertiary/aromatic N) is 6. The van der Waals surface area contributed by atoms with Crippen LogP contribution >= 0.6 is 11.6 Å². The van der Waals surface area contributed by atoms with E-state index in [1.807, 2.05) is 19.1 Å². The van der Waals surface area contributed by atoms with Gasteiger partial charge in [0.1, 0.15) is 10.8 Å². The Kier molecular flexibility index (Phi) is 5.81. The van der Waals surface area contributed by atoms with E-state index in [2.05, 4.69) is 20.0 Å². The molecule has 4 rings (SSSR count). The zero-order valence-corrected chi connectivity index (χ0v) is 17.4. The minimum Gasteiger partial charge on any atom is -0.353 e. The highest BCUT2D eigenvalue weighted by molar-refractivity contribution is 6.32. The smallest absolute Gasteiger partial charge is 0.288 e. The third kappa shape index (κ3) is 4.33. The number of aryl methyl sites for hydroxylation is 1. The number of benzene rings is 1. The van der Waals surface area contributed by atoms with Crippen molar-refractivity contribution in [1.29, 1.82) is 0 Å². The molecule has 1 fully saturated rings. The zero-order chi connectivity index (χ0) is 22.0. The number of amides is 1. The molecule has 1 amide bonds. The van der Waals surface area contributed by atoms with Gasteiger partial charge in [0, 0.05) is 56.0 Å². The van der Waals surface area contributed by atoms with Crippen molar-refractivity contribution >= 4 is 29.0 Å². The van der Waals surface area contributed by atoms with Crippen LogP contribution in [0.3, 0.4) is 0 Å². The van der Waals surface area contributed by atoms with Crippen molar-refractivity contribution < 1.29 is 14.2 Å². The first-order valence-electron chi connectivity index (χ1n) is 9.73. The molecule has 1 aliphatic rings. The third-order valence-corrected chi connectivity index (χ3v) is 5.38. The summed E-state index contributed by atoms with van der Waals surface area (Å²) in [6.45, 7) is 4.08. The molecule has 0 atom stereocenters. The van der Waals surface area contributed by atoms with Crippen LogP contribution in [0.5, 0.6) is 0 Å². The van der Waals surface area contributed by atoms with Gasteiger partial charge in [-0.2, -0.15) is 4.98 Å². The van der Waals surface area contributed by atoms with Gasteiger partial charge in [0.25, 0.3) is 11.6 Å². The lowest BCUT2D eigenvalue weighted by Crippen LogP contribution is -2.49. The Balaban J connectivity index is 1.40. The Morgan fingerprint density at radius 1 is 1.23 bits per heavy atom. The number of nitro groups is 1. The van der Waals surface area contributed by atoms with Gasteiger partial charge in [-0.15, -0.1) is 0 Å². The molecule has 1 saturated heterocycles. The number of nitro benzene ring substituents is 1. The highest BCUT2D eigenvalue weighted by atomic mass is 35.5. The van der Waals surface area contributed by atoms with Crippen molar-refractivity contribution in [2.45, 2.75) is 13.3 Å². The molecule has 3 aromatic rings. The second-order valence-corrected chi connectivity index (χ2v) is 7.38. The minimum absolute atomic E-state index is 0.00706. The van der Waals surface area contributed by atoms with Crippen LogP contribution in [0.15, 0.2) is 41.1 Å². The van der Waals surface area contributed by atoms with Crippen molar-refractivity contribution in [2.75, 3.05) is 31.1 Å². The number of carbonyl (C=O) groups is 1. The zero-order valence-electron chi connectivity index (χ0n) is 16.7. The third-order valence-electron chi connectivity index (χ3n) is 5.06. The second kappa shape index (κ2) is 8.68. The van der Waals surface area contributed by atoms with Gasteiger partial charge in [-0.25, -0.2) is 4.98 Å². The summed E-state index contributed by atoms with van der Waals surface area (Å²) >= 11 is 5.83. The standard InChI is InChI=1S/C20H19ClN6O4/c1-2-18-23-19(24-31-18)14-4-6-17(22-12-14)25-7-9-26(10-8-25)20(28)13-3-5-15(21)16(11-13)27(29)30/h3-6,11-12H,2,7-10H2,1H3. The molecule has 0 spiro atoms. The Morgan fingerprint density at radius 2 is 2.00 bits per heavy atom. The predicted octanol–water partition coefficient (Wildman–Crippen LogP) is 3.22. The molecular weight excluding hydrogens is 424 g/mol. The number of carbonyl (C=O) groups excluding carboxylic acids is 1. The average molecular weight is 443 g/mol. The van der Waals surface area contributed by atoms with Gasteiger partial charge in [0.05, 0.1) is 4.92 Å². The Hall–Kier alpha value is -3.53. The molecule has 0 saturated carbocycles. The molecule has 11 heteroatoms. The van der Waals surface area contributed by atoms with E-state index in [0.717, 1.165) is 11.4 Å². The van der Waals surface area contributed by atoms with Gasteiger partial charge < -0.3 is 14.3 Å². The van der Waals surface area contributed by atoms with E-state index in [1.54, 1.807) is 11.1 Å². The number of anilines is 1. The lowest BCUT2D eigenvalue weighted by Gasteiger charge is -2.35. The maximum absolute atomic E-state index is 12.8. The predicted molar refractivity (Wildman–Crippen MR) is 113 cm³/mol. The maximum atomic E-state index is 12.8. The SMILES string of the molecule is CCc1nc(-c2ccc(N3CCN(C(=O)c4ccc(Cl)c([N+](=O)[O-])c4)CC3)nc2)no1. The van der Waals surface area contributed by atoms with Crippen molar-refractivity contribution in [3.05, 3.63) is 63.1 Å². The van der Waals surface area contributed by atoms with Gasteiger partial charge in [-0.05, 0) is 24.3 Å². The average Bonchev–Trinajstić information content (AvgIpc) is 3.28. The summed E-state index contributed by atoms with van der Waals surface area (Å²) in [5, 5.41) is 15.0. The van der Waals surface area contributed by atoms with Gasteiger partial charge in [-0.1, -0.05) is 23.7 Å². The number of aromatic nitrogens is 3. The molecule has 1 aliphatic heterocycles. The monoisotopic (exact) mass is 442 g/mol. The van der Waals surface area contributed by atoms with Crippen molar-refractivity contribution in [1.82, 2.24) is 20.0 Å². The quantitative estimate of drug-likeness (QED) is 0.436. The van der Waals surface area contributed by atoms with E-state index in [-0.39, 0.29) is 22.2 Å².